The third kappa shape index (κ3) is 8.79. The Morgan fingerprint density at radius 2 is 1.86 bits per heavy atom. The molecule has 0 aromatic rings. The Labute approximate surface area is 83.2 Å². The lowest BCUT2D eigenvalue weighted by molar-refractivity contribution is -0.127. The number of urea groups is 1. The van der Waals surface area contributed by atoms with Gasteiger partial charge < -0.3 is 21.1 Å². The van der Waals surface area contributed by atoms with Crippen molar-refractivity contribution >= 4 is 11.9 Å². The lowest BCUT2D eigenvalue weighted by Gasteiger charge is -2.08. The Morgan fingerprint density at radius 3 is 2.36 bits per heavy atom. The van der Waals surface area contributed by atoms with Crippen molar-refractivity contribution in [3.63, 3.8) is 0 Å². The summed E-state index contributed by atoms with van der Waals surface area (Å²) in [5.41, 5.74) is 4.82. The lowest BCUT2D eigenvalue weighted by atomic mass is 10.5. The Hall–Kier alpha value is -1.30. The molecule has 0 radical (unpaired) electrons. The van der Waals surface area contributed by atoms with E-state index < -0.39 is 6.03 Å². The molecule has 14 heavy (non-hydrogen) atoms. The molecule has 6 heteroatoms. The maximum atomic E-state index is 11.0. The van der Waals surface area contributed by atoms with Gasteiger partial charge in [-0.05, 0) is 13.8 Å². The molecule has 0 aromatic heterocycles. The highest BCUT2D eigenvalue weighted by atomic mass is 16.5. The van der Waals surface area contributed by atoms with Gasteiger partial charge in [0.2, 0.25) is 5.91 Å². The number of amides is 3. The quantitative estimate of drug-likeness (QED) is 0.493. The molecule has 0 rings (SSSR count). The Morgan fingerprint density at radius 1 is 1.29 bits per heavy atom. The first kappa shape index (κ1) is 12.7. The second-order valence-electron chi connectivity index (χ2n) is 3.00. The van der Waals surface area contributed by atoms with Crippen molar-refractivity contribution in [3.8, 4) is 0 Å². The number of carbonyl (C=O) groups is 2. The molecule has 0 bridgehead atoms. The predicted molar refractivity (Wildman–Crippen MR) is 51.7 cm³/mol. The van der Waals surface area contributed by atoms with E-state index >= 15 is 0 Å². The molecule has 6 nitrogen and oxygen atoms in total. The van der Waals surface area contributed by atoms with Crippen LogP contribution in [0.25, 0.3) is 0 Å². The summed E-state index contributed by atoms with van der Waals surface area (Å²) >= 11 is 0. The Kier molecular flexibility index (Phi) is 6.47. The van der Waals surface area contributed by atoms with Gasteiger partial charge in [0.1, 0.15) is 6.61 Å². The summed E-state index contributed by atoms with van der Waals surface area (Å²) in [4.78, 5) is 21.2. The SMILES string of the molecule is CC(C)OCC(=O)NCCNC(N)=O. The van der Waals surface area contributed by atoms with Gasteiger partial charge in [0.15, 0.2) is 0 Å². The monoisotopic (exact) mass is 203 g/mol. The minimum absolute atomic E-state index is 0.0319. The van der Waals surface area contributed by atoms with E-state index in [-0.39, 0.29) is 18.6 Å². The minimum Gasteiger partial charge on any atom is -0.369 e. The van der Waals surface area contributed by atoms with Gasteiger partial charge in [-0.25, -0.2) is 4.79 Å². The molecule has 0 spiro atoms. The summed E-state index contributed by atoms with van der Waals surface area (Å²) in [6, 6.07) is -0.599. The Balaban J connectivity index is 3.31. The fourth-order valence-electron chi connectivity index (χ4n) is 0.681. The van der Waals surface area contributed by atoms with Crippen molar-refractivity contribution in [2.24, 2.45) is 5.73 Å². The average Bonchev–Trinajstić information content (AvgIpc) is 2.08. The summed E-state index contributed by atoms with van der Waals surface area (Å²) in [6.07, 6.45) is 0.0319. The molecule has 0 unspecified atom stereocenters. The summed E-state index contributed by atoms with van der Waals surface area (Å²) in [6.45, 7) is 4.41. The standard InChI is InChI=1S/C8H17N3O3/c1-6(2)14-5-7(12)10-3-4-11-8(9)13/h6H,3-5H2,1-2H3,(H,10,12)(H3,9,11,13). The zero-order chi connectivity index (χ0) is 11.0. The summed E-state index contributed by atoms with van der Waals surface area (Å²) < 4.78 is 5.06. The van der Waals surface area contributed by atoms with Crippen molar-refractivity contribution < 1.29 is 14.3 Å². The topological polar surface area (TPSA) is 93.4 Å². The summed E-state index contributed by atoms with van der Waals surface area (Å²) in [7, 11) is 0. The van der Waals surface area contributed by atoms with Gasteiger partial charge in [-0.2, -0.15) is 0 Å². The highest BCUT2D eigenvalue weighted by Gasteiger charge is 2.01. The minimum atomic E-state index is -0.599. The molecule has 0 aliphatic carbocycles. The molecule has 0 atom stereocenters. The van der Waals surface area contributed by atoms with Crippen molar-refractivity contribution in [1.82, 2.24) is 10.6 Å². The maximum Gasteiger partial charge on any atom is 0.312 e. The summed E-state index contributed by atoms with van der Waals surface area (Å²) in [5.74, 6) is -0.204. The number of hydrogen-bond donors (Lipinski definition) is 3. The van der Waals surface area contributed by atoms with Crippen molar-refractivity contribution in [1.29, 1.82) is 0 Å². The number of primary amides is 1. The highest BCUT2D eigenvalue weighted by Crippen LogP contribution is 1.85. The molecule has 82 valence electrons. The van der Waals surface area contributed by atoms with E-state index in [0.29, 0.717) is 13.1 Å². The fraction of sp³-hybridized carbons (Fsp3) is 0.750. The third-order valence-corrected chi connectivity index (χ3v) is 1.29. The molecule has 0 fully saturated rings. The van der Waals surface area contributed by atoms with Gasteiger partial charge in [-0.1, -0.05) is 0 Å². The van der Waals surface area contributed by atoms with E-state index in [1.165, 1.54) is 0 Å². The number of nitrogens with two attached hydrogens (primary N) is 1. The zero-order valence-corrected chi connectivity index (χ0v) is 8.50. The second kappa shape index (κ2) is 7.14. The molecule has 0 heterocycles. The van der Waals surface area contributed by atoms with Crippen LogP contribution in [-0.4, -0.2) is 37.7 Å². The number of rotatable bonds is 6. The largest absolute Gasteiger partial charge is 0.369 e. The van der Waals surface area contributed by atoms with Gasteiger partial charge in [0.25, 0.3) is 0 Å². The lowest BCUT2D eigenvalue weighted by Crippen LogP contribution is -2.38. The number of hydrogen-bond acceptors (Lipinski definition) is 3. The van der Waals surface area contributed by atoms with Crippen LogP contribution in [0.3, 0.4) is 0 Å². The molecular formula is C8H17N3O3. The normalized spacial score (nSPS) is 9.93. The number of ether oxygens (including phenoxy) is 1. The predicted octanol–water partition coefficient (Wildman–Crippen LogP) is -0.804. The van der Waals surface area contributed by atoms with Crippen LogP contribution in [0.1, 0.15) is 13.8 Å². The van der Waals surface area contributed by atoms with Gasteiger partial charge in [0.05, 0.1) is 6.10 Å². The molecular weight excluding hydrogens is 186 g/mol. The molecule has 0 aromatic carbocycles. The van der Waals surface area contributed by atoms with Gasteiger partial charge >= 0.3 is 6.03 Å². The van der Waals surface area contributed by atoms with Crippen LogP contribution in [0.15, 0.2) is 0 Å². The van der Waals surface area contributed by atoms with E-state index in [9.17, 15) is 9.59 Å². The van der Waals surface area contributed by atoms with Crippen LogP contribution in [-0.2, 0) is 9.53 Å². The molecule has 0 saturated carbocycles. The first-order valence-electron chi connectivity index (χ1n) is 4.44. The van der Waals surface area contributed by atoms with Gasteiger partial charge in [-0.3, -0.25) is 4.79 Å². The smallest absolute Gasteiger partial charge is 0.312 e. The Bertz CT molecular complexity index is 194. The third-order valence-electron chi connectivity index (χ3n) is 1.29. The molecule has 0 aliphatic rings. The van der Waals surface area contributed by atoms with E-state index in [0.717, 1.165) is 0 Å². The second-order valence-corrected chi connectivity index (χ2v) is 3.00. The molecule has 4 N–H and O–H groups in total. The van der Waals surface area contributed by atoms with E-state index in [1.807, 2.05) is 13.8 Å². The average molecular weight is 203 g/mol. The van der Waals surface area contributed by atoms with Crippen molar-refractivity contribution in [2.45, 2.75) is 20.0 Å². The first-order valence-corrected chi connectivity index (χ1v) is 4.44. The van der Waals surface area contributed by atoms with Crippen LogP contribution >= 0.6 is 0 Å². The first-order chi connectivity index (χ1) is 6.52. The fourth-order valence-corrected chi connectivity index (χ4v) is 0.681. The van der Waals surface area contributed by atoms with E-state index in [1.54, 1.807) is 0 Å². The van der Waals surface area contributed by atoms with Crippen LogP contribution in [0.4, 0.5) is 4.79 Å². The van der Waals surface area contributed by atoms with Crippen molar-refractivity contribution in [2.75, 3.05) is 19.7 Å². The molecule has 3 amide bonds. The van der Waals surface area contributed by atoms with Crippen LogP contribution in [0.2, 0.25) is 0 Å². The summed E-state index contributed by atoms with van der Waals surface area (Å²) in [5, 5.41) is 4.91. The number of carbonyl (C=O) groups excluding carboxylic acids is 2. The highest BCUT2D eigenvalue weighted by molar-refractivity contribution is 5.77. The van der Waals surface area contributed by atoms with Gasteiger partial charge in [-0.15, -0.1) is 0 Å². The zero-order valence-electron chi connectivity index (χ0n) is 8.50. The van der Waals surface area contributed by atoms with Crippen LogP contribution in [0.5, 0.6) is 0 Å². The molecule has 0 saturated heterocycles. The number of nitrogens with one attached hydrogen (secondary N) is 2. The van der Waals surface area contributed by atoms with Crippen LogP contribution in [0, 0.1) is 0 Å². The van der Waals surface area contributed by atoms with Crippen molar-refractivity contribution in [3.05, 3.63) is 0 Å². The van der Waals surface area contributed by atoms with E-state index in [2.05, 4.69) is 10.6 Å². The van der Waals surface area contributed by atoms with Gasteiger partial charge in [0, 0.05) is 13.1 Å². The van der Waals surface area contributed by atoms with Crippen LogP contribution < -0.4 is 16.4 Å². The van der Waals surface area contributed by atoms with E-state index in [4.69, 9.17) is 10.5 Å². The molecule has 0 aliphatic heterocycles. The maximum absolute atomic E-state index is 11.0.